The second kappa shape index (κ2) is 7.56. The van der Waals surface area contributed by atoms with Crippen LogP contribution in [0.3, 0.4) is 0 Å². The Hall–Kier alpha value is -1.20. The van der Waals surface area contributed by atoms with E-state index in [1.54, 1.807) is 6.08 Å². The van der Waals surface area contributed by atoms with E-state index in [4.69, 9.17) is 4.74 Å². The highest BCUT2D eigenvalue weighted by molar-refractivity contribution is 5.85. The Morgan fingerprint density at radius 1 is 1.32 bits per heavy atom. The molecular formula is C23H38O5. The van der Waals surface area contributed by atoms with Crippen molar-refractivity contribution in [2.75, 3.05) is 6.61 Å². The molecule has 0 amide bonds. The number of esters is 1. The predicted molar refractivity (Wildman–Crippen MR) is 108 cm³/mol. The summed E-state index contributed by atoms with van der Waals surface area (Å²) in [6.07, 6.45) is 4.10. The van der Waals surface area contributed by atoms with Crippen LogP contribution in [0.5, 0.6) is 0 Å². The third-order valence-electron chi connectivity index (χ3n) is 8.70. The molecule has 5 nitrogen and oxygen atoms in total. The molecule has 3 fully saturated rings. The highest BCUT2D eigenvalue weighted by atomic mass is 16.6. The molecular weight excluding hydrogens is 356 g/mol. The number of carbonyl (C=O) groups is 2. The van der Waals surface area contributed by atoms with Crippen molar-refractivity contribution in [3.63, 3.8) is 0 Å². The number of Topliss-reactive ketones (excluding diaryl/α,β-unsaturated/α-hetero) is 1. The zero-order valence-electron chi connectivity index (χ0n) is 17.0. The maximum absolute atomic E-state index is 13.1. The Labute approximate surface area is 169 Å². The van der Waals surface area contributed by atoms with Crippen molar-refractivity contribution in [1.29, 1.82) is 0 Å². The van der Waals surface area contributed by atoms with E-state index in [9.17, 15) is 19.8 Å². The van der Waals surface area contributed by atoms with E-state index in [0.29, 0.717) is 12.8 Å². The van der Waals surface area contributed by atoms with Crippen molar-refractivity contribution < 1.29 is 24.5 Å². The molecule has 5 heteroatoms. The molecule has 6 unspecified atom stereocenters. The molecule has 3 saturated carbocycles. The molecule has 0 aromatic rings. The SMILES string of the molecule is C.C=CC1(C)C[C@H](OC(=O)CO)C2(C)C(C)CCC3(CCC(=O)C32)[C@@H](C)C1O. The number of hydrogen-bond acceptors (Lipinski definition) is 5. The van der Waals surface area contributed by atoms with Crippen molar-refractivity contribution in [2.24, 2.45) is 34.0 Å². The van der Waals surface area contributed by atoms with Crippen LogP contribution in [0.1, 0.15) is 67.2 Å². The van der Waals surface area contributed by atoms with Crippen molar-refractivity contribution in [1.82, 2.24) is 0 Å². The van der Waals surface area contributed by atoms with Gasteiger partial charge in [0.25, 0.3) is 0 Å². The van der Waals surface area contributed by atoms with Gasteiger partial charge >= 0.3 is 5.97 Å². The normalized spacial score (nSPS) is 47.9. The van der Waals surface area contributed by atoms with Crippen LogP contribution in [-0.2, 0) is 14.3 Å². The lowest BCUT2D eigenvalue weighted by atomic mass is 9.44. The van der Waals surface area contributed by atoms with E-state index in [1.165, 1.54) is 0 Å². The van der Waals surface area contributed by atoms with Crippen LogP contribution in [0.15, 0.2) is 12.7 Å². The van der Waals surface area contributed by atoms with E-state index < -0.39 is 35.6 Å². The monoisotopic (exact) mass is 394 g/mol. The number of aliphatic hydroxyl groups is 2. The molecule has 0 aliphatic heterocycles. The summed E-state index contributed by atoms with van der Waals surface area (Å²) in [5.41, 5.74) is -1.43. The van der Waals surface area contributed by atoms with Crippen LogP contribution >= 0.6 is 0 Å². The molecule has 28 heavy (non-hydrogen) atoms. The predicted octanol–water partition coefficient (Wildman–Crippen LogP) is 3.52. The van der Waals surface area contributed by atoms with Crippen LogP contribution in [-0.4, -0.2) is 40.8 Å². The van der Waals surface area contributed by atoms with Gasteiger partial charge in [-0.25, -0.2) is 4.79 Å². The lowest BCUT2D eigenvalue weighted by Gasteiger charge is -2.61. The fourth-order valence-electron chi connectivity index (χ4n) is 6.70. The van der Waals surface area contributed by atoms with E-state index in [2.05, 4.69) is 27.4 Å². The second-order valence-corrected chi connectivity index (χ2v) is 9.72. The van der Waals surface area contributed by atoms with Gasteiger partial charge in [-0.1, -0.05) is 41.2 Å². The Kier molecular flexibility index (Phi) is 6.24. The highest BCUT2D eigenvalue weighted by Crippen LogP contribution is 2.67. The van der Waals surface area contributed by atoms with Crippen LogP contribution in [0.25, 0.3) is 0 Å². The molecule has 0 heterocycles. The Balaban J connectivity index is 0.00000280. The average Bonchev–Trinajstić information content (AvgIpc) is 3.00. The fraction of sp³-hybridized carbons (Fsp3) is 0.826. The van der Waals surface area contributed by atoms with E-state index >= 15 is 0 Å². The number of carbonyl (C=O) groups excluding carboxylic acids is 2. The summed E-state index contributed by atoms with van der Waals surface area (Å²) in [6, 6.07) is 0. The Morgan fingerprint density at radius 2 is 1.96 bits per heavy atom. The molecule has 3 aliphatic rings. The van der Waals surface area contributed by atoms with Gasteiger partial charge in [0.15, 0.2) is 0 Å². The molecule has 3 aliphatic carbocycles. The molecule has 8 atom stereocenters. The number of aliphatic hydroxyl groups excluding tert-OH is 2. The fourth-order valence-corrected chi connectivity index (χ4v) is 6.70. The summed E-state index contributed by atoms with van der Waals surface area (Å²) in [5.74, 6) is -0.520. The first-order chi connectivity index (χ1) is 12.6. The first-order valence-electron chi connectivity index (χ1n) is 10.2. The van der Waals surface area contributed by atoms with Crippen LogP contribution in [0, 0.1) is 34.0 Å². The van der Waals surface area contributed by atoms with Gasteiger partial charge in [-0.3, -0.25) is 4.79 Å². The molecule has 0 aromatic carbocycles. The topological polar surface area (TPSA) is 83.8 Å². The molecule has 3 rings (SSSR count). The van der Waals surface area contributed by atoms with Gasteiger partial charge in [0.2, 0.25) is 0 Å². The summed E-state index contributed by atoms with van der Waals surface area (Å²) in [4.78, 5) is 25.2. The van der Waals surface area contributed by atoms with Crippen molar-refractivity contribution in [2.45, 2.75) is 79.4 Å². The van der Waals surface area contributed by atoms with Gasteiger partial charge in [0, 0.05) is 23.2 Å². The maximum Gasteiger partial charge on any atom is 0.332 e. The van der Waals surface area contributed by atoms with Crippen molar-refractivity contribution in [3.05, 3.63) is 12.7 Å². The number of ether oxygens (including phenoxy) is 1. The Bertz CT molecular complexity index is 645. The van der Waals surface area contributed by atoms with Crippen LogP contribution in [0.4, 0.5) is 0 Å². The van der Waals surface area contributed by atoms with Crippen molar-refractivity contribution >= 4 is 11.8 Å². The van der Waals surface area contributed by atoms with E-state index in [0.717, 1.165) is 19.3 Å². The van der Waals surface area contributed by atoms with E-state index in [-0.39, 0.29) is 36.4 Å². The molecule has 0 spiro atoms. The lowest BCUT2D eigenvalue weighted by molar-refractivity contribution is -0.207. The van der Waals surface area contributed by atoms with Crippen LogP contribution < -0.4 is 0 Å². The lowest BCUT2D eigenvalue weighted by Crippen LogP contribution is -2.63. The van der Waals surface area contributed by atoms with Crippen molar-refractivity contribution in [3.8, 4) is 0 Å². The van der Waals surface area contributed by atoms with Gasteiger partial charge in [-0.2, -0.15) is 0 Å². The summed E-state index contributed by atoms with van der Waals surface area (Å²) in [6.45, 7) is 11.5. The van der Waals surface area contributed by atoms with Gasteiger partial charge in [-0.15, -0.1) is 6.58 Å². The summed E-state index contributed by atoms with van der Waals surface area (Å²) in [5, 5.41) is 20.6. The van der Waals surface area contributed by atoms with E-state index in [1.807, 2.05) is 6.92 Å². The van der Waals surface area contributed by atoms with Gasteiger partial charge in [0.1, 0.15) is 18.5 Å². The highest BCUT2D eigenvalue weighted by Gasteiger charge is 2.68. The minimum absolute atomic E-state index is 0. The number of ketones is 1. The van der Waals surface area contributed by atoms with Gasteiger partial charge < -0.3 is 14.9 Å². The molecule has 2 N–H and O–H groups in total. The minimum Gasteiger partial charge on any atom is -0.460 e. The maximum atomic E-state index is 13.1. The molecule has 160 valence electrons. The number of hydrogen-bond donors (Lipinski definition) is 2. The molecule has 0 saturated heterocycles. The smallest absolute Gasteiger partial charge is 0.332 e. The summed E-state index contributed by atoms with van der Waals surface area (Å²) in [7, 11) is 0. The van der Waals surface area contributed by atoms with Gasteiger partial charge in [-0.05, 0) is 42.9 Å². The Morgan fingerprint density at radius 3 is 2.54 bits per heavy atom. The zero-order valence-corrected chi connectivity index (χ0v) is 17.0. The zero-order chi connectivity index (χ0) is 20.2. The first kappa shape index (κ1) is 23.1. The summed E-state index contributed by atoms with van der Waals surface area (Å²) >= 11 is 0. The molecule has 0 radical (unpaired) electrons. The largest absolute Gasteiger partial charge is 0.460 e. The van der Waals surface area contributed by atoms with Crippen LogP contribution in [0.2, 0.25) is 0 Å². The molecule has 2 bridgehead atoms. The molecule has 0 aromatic heterocycles. The summed E-state index contributed by atoms with van der Waals surface area (Å²) < 4.78 is 5.77. The standard InChI is InChI=1S/C22H34O5.CH4/c1-6-20(4)11-16(27-17(25)12-23)21(5)13(2)7-9-22(14(3)19(20)26)10-8-15(24)18(21)22;/h6,13-14,16,18-19,23,26H,1,7-12H2,2-5H3;1H4/t13?,14-,16-,18?,19?,20?,21?,22?;/m0./s1. The number of rotatable bonds is 3. The average molecular weight is 395 g/mol. The second-order valence-electron chi connectivity index (χ2n) is 9.72. The third kappa shape index (κ3) is 2.97. The minimum atomic E-state index is -0.686. The third-order valence-corrected chi connectivity index (χ3v) is 8.70. The quantitative estimate of drug-likeness (QED) is 0.565. The first-order valence-corrected chi connectivity index (χ1v) is 10.2. The van der Waals surface area contributed by atoms with Gasteiger partial charge in [0.05, 0.1) is 6.10 Å².